The highest BCUT2D eigenvalue weighted by Crippen LogP contribution is 2.13. The van der Waals surface area contributed by atoms with E-state index < -0.39 is 0 Å². The third kappa shape index (κ3) is 2.25. The molecule has 0 spiro atoms. The van der Waals surface area contributed by atoms with E-state index in [4.69, 9.17) is 0 Å². The predicted octanol–water partition coefficient (Wildman–Crippen LogP) is 1.73. The van der Waals surface area contributed by atoms with Crippen molar-refractivity contribution in [1.29, 1.82) is 0 Å². The summed E-state index contributed by atoms with van der Waals surface area (Å²) in [4.78, 5) is 16.0. The van der Waals surface area contributed by atoms with Gasteiger partial charge in [-0.15, -0.1) is 0 Å². The molecule has 0 atom stereocenters. The van der Waals surface area contributed by atoms with E-state index in [2.05, 4.69) is 4.98 Å². The topological polar surface area (TPSA) is 36.1 Å². The van der Waals surface area contributed by atoms with Gasteiger partial charge in [-0.05, 0) is 31.1 Å². The van der Waals surface area contributed by atoms with Crippen LogP contribution in [0.4, 0.5) is 0 Å². The van der Waals surface area contributed by atoms with Crippen molar-refractivity contribution >= 4 is 12.0 Å². The summed E-state index contributed by atoms with van der Waals surface area (Å²) in [5.74, 6) is 0.00463. The van der Waals surface area contributed by atoms with E-state index in [9.17, 15) is 4.79 Å². The monoisotopic (exact) mass is 192 g/mol. The van der Waals surface area contributed by atoms with Gasteiger partial charge in [-0.25, -0.2) is 0 Å². The number of carbonyl (C=O) groups excluding carboxylic acids is 1. The zero-order valence-electron chi connectivity index (χ0n) is 9.09. The summed E-state index contributed by atoms with van der Waals surface area (Å²) in [7, 11) is 3.48. The minimum Gasteiger partial charge on any atom is -0.364 e. The van der Waals surface area contributed by atoms with Crippen LogP contribution in [0.25, 0.3) is 6.08 Å². The predicted molar refractivity (Wildman–Crippen MR) is 58.0 cm³/mol. The first-order chi connectivity index (χ1) is 6.52. The molecule has 0 aromatic carbocycles. The van der Waals surface area contributed by atoms with Gasteiger partial charge >= 0.3 is 0 Å². The highest BCUT2D eigenvalue weighted by atomic mass is 16.2. The molecule has 0 aliphatic carbocycles. The second-order valence-corrected chi connectivity index (χ2v) is 3.58. The maximum absolute atomic E-state index is 11.3. The lowest BCUT2D eigenvalue weighted by molar-refractivity contribution is -0.123. The normalized spacial score (nSPS) is 10.9. The molecular weight excluding hydrogens is 176 g/mol. The summed E-state index contributed by atoms with van der Waals surface area (Å²) >= 11 is 0. The van der Waals surface area contributed by atoms with E-state index in [0.29, 0.717) is 0 Å². The zero-order valence-corrected chi connectivity index (χ0v) is 9.09. The molecule has 0 aliphatic heterocycles. The molecule has 0 unspecified atom stereocenters. The quantitative estimate of drug-likeness (QED) is 0.712. The summed E-state index contributed by atoms with van der Waals surface area (Å²) < 4.78 is 0. The van der Waals surface area contributed by atoms with Crippen LogP contribution in [-0.4, -0.2) is 29.9 Å². The molecule has 0 saturated carbocycles. The Balaban J connectivity index is 2.83. The Bertz CT molecular complexity index is 342. The Morgan fingerprint density at radius 1 is 1.43 bits per heavy atom. The maximum Gasteiger partial charge on any atom is 0.246 e. The average molecular weight is 192 g/mol. The summed E-state index contributed by atoms with van der Waals surface area (Å²) in [6.07, 6.45) is 5.38. The molecule has 76 valence electrons. The number of nitrogens with zero attached hydrogens (tertiary/aromatic N) is 1. The Labute approximate surface area is 84.4 Å². The molecule has 1 aromatic rings. The van der Waals surface area contributed by atoms with Gasteiger partial charge in [0.1, 0.15) is 0 Å². The van der Waals surface area contributed by atoms with Gasteiger partial charge in [-0.1, -0.05) is 0 Å². The van der Waals surface area contributed by atoms with Gasteiger partial charge < -0.3 is 9.88 Å². The number of aromatic nitrogens is 1. The summed E-state index contributed by atoms with van der Waals surface area (Å²) in [5.41, 5.74) is 3.34. The zero-order chi connectivity index (χ0) is 10.7. The minimum absolute atomic E-state index is 0.00463. The number of likely N-dealkylation sites (N-methyl/N-ethyl adjacent to an activating group) is 1. The van der Waals surface area contributed by atoms with Crippen LogP contribution in [0.3, 0.4) is 0 Å². The fraction of sp³-hybridized carbons (Fsp3) is 0.364. The number of hydrogen-bond acceptors (Lipinski definition) is 1. The van der Waals surface area contributed by atoms with Gasteiger partial charge in [-0.2, -0.15) is 0 Å². The number of aromatic amines is 1. The molecule has 0 radical (unpaired) electrons. The van der Waals surface area contributed by atoms with Crippen LogP contribution in [0, 0.1) is 13.8 Å². The average Bonchev–Trinajstić information content (AvgIpc) is 2.43. The molecule has 3 nitrogen and oxygen atoms in total. The molecule has 1 heterocycles. The molecule has 14 heavy (non-hydrogen) atoms. The molecule has 0 bridgehead atoms. The van der Waals surface area contributed by atoms with Crippen molar-refractivity contribution in [1.82, 2.24) is 9.88 Å². The van der Waals surface area contributed by atoms with Gasteiger partial charge in [0.05, 0.1) is 0 Å². The molecular formula is C11H16N2O. The van der Waals surface area contributed by atoms with Crippen molar-refractivity contribution in [2.75, 3.05) is 14.1 Å². The fourth-order valence-corrected chi connectivity index (χ4v) is 1.23. The standard InChI is InChI=1S/C11H16N2O/c1-8-7-12-9(2)10(8)5-6-11(14)13(3)4/h5-7,12H,1-4H3. The fourth-order valence-electron chi connectivity index (χ4n) is 1.23. The number of amides is 1. The lowest BCUT2D eigenvalue weighted by atomic mass is 10.1. The first-order valence-electron chi connectivity index (χ1n) is 4.56. The maximum atomic E-state index is 11.3. The van der Waals surface area contributed by atoms with Gasteiger partial charge in [0, 0.05) is 32.1 Å². The van der Waals surface area contributed by atoms with Crippen LogP contribution in [0.15, 0.2) is 12.3 Å². The van der Waals surface area contributed by atoms with Gasteiger partial charge in [0.15, 0.2) is 0 Å². The van der Waals surface area contributed by atoms with Crippen molar-refractivity contribution < 1.29 is 4.79 Å². The summed E-state index contributed by atoms with van der Waals surface area (Å²) in [6, 6.07) is 0. The Morgan fingerprint density at radius 3 is 2.50 bits per heavy atom. The first kappa shape index (κ1) is 10.6. The Morgan fingerprint density at radius 2 is 2.07 bits per heavy atom. The Kier molecular flexibility index (Phi) is 3.12. The number of rotatable bonds is 2. The van der Waals surface area contributed by atoms with Crippen LogP contribution in [0.5, 0.6) is 0 Å². The smallest absolute Gasteiger partial charge is 0.246 e. The molecule has 1 N–H and O–H groups in total. The molecule has 3 heteroatoms. The third-order valence-electron chi connectivity index (χ3n) is 2.17. The van der Waals surface area contributed by atoms with Crippen molar-refractivity contribution in [3.05, 3.63) is 29.1 Å². The number of carbonyl (C=O) groups is 1. The van der Waals surface area contributed by atoms with Crippen molar-refractivity contribution in [2.45, 2.75) is 13.8 Å². The lowest BCUT2D eigenvalue weighted by Gasteiger charge is -2.05. The lowest BCUT2D eigenvalue weighted by Crippen LogP contribution is -2.18. The SMILES string of the molecule is Cc1c[nH]c(C)c1C=CC(=O)N(C)C. The number of nitrogens with one attached hydrogen (secondary N) is 1. The van der Waals surface area contributed by atoms with Crippen LogP contribution in [0.2, 0.25) is 0 Å². The van der Waals surface area contributed by atoms with Crippen LogP contribution < -0.4 is 0 Å². The highest BCUT2D eigenvalue weighted by molar-refractivity contribution is 5.91. The molecule has 1 rings (SSSR count). The molecule has 1 amide bonds. The van der Waals surface area contributed by atoms with E-state index in [0.717, 1.165) is 16.8 Å². The molecule has 1 aromatic heterocycles. The second kappa shape index (κ2) is 4.13. The van der Waals surface area contributed by atoms with Gasteiger partial charge in [0.2, 0.25) is 5.91 Å². The number of hydrogen-bond donors (Lipinski definition) is 1. The third-order valence-corrected chi connectivity index (χ3v) is 2.17. The minimum atomic E-state index is 0.00463. The number of aryl methyl sites for hydroxylation is 2. The number of H-pyrrole nitrogens is 1. The van der Waals surface area contributed by atoms with E-state index in [-0.39, 0.29) is 5.91 Å². The summed E-state index contributed by atoms with van der Waals surface area (Å²) in [6.45, 7) is 4.01. The van der Waals surface area contributed by atoms with Crippen molar-refractivity contribution in [3.8, 4) is 0 Å². The molecule has 0 aliphatic rings. The highest BCUT2D eigenvalue weighted by Gasteiger charge is 2.02. The largest absolute Gasteiger partial charge is 0.364 e. The van der Waals surface area contributed by atoms with Crippen LogP contribution in [-0.2, 0) is 4.79 Å². The van der Waals surface area contributed by atoms with E-state index in [1.165, 1.54) is 0 Å². The Hall–Kier alpha value is -1.51. The van der Waals surface area contributed by atoms with Crippen LogP contribution in [0.1, 0.15) is 16.8 Å². The molecule has 0 fully saturated rings. The van der Waals surface area contributed by atoms with Crippen molar-refractivity contribution in [2.24, 2.45) is 0 Å². The van der Waals surface area contributed by atoms with Gasteiger partial charge in [-0.3, -0.25) is 4.79 Å². The van der Waals surface area contributed by atoms with E-state index in [1.54, 1.807) is 25.1 Å². The molecule has 0 saturated heterocycles. The second-order valence-electron chi connectivity index (χ2n) is 3.58. The summed E-state index contributed by atoms with van der Waals surface area (Å²) in [5, 5.41) is 0. The van der Waals surface area contributed by atoms with E-state index in [1.807, 2.05) is 26.1 Å². The van der Waals surface area contributed by atoms with E-state index >= 15 is 0 Å². The first-order valence-corrected chi connectivity index (χ1v) is 4.56. The van der Waals surface area contributed by atoms with Crippen LogP contribution >= 0.6 is 0 Å². The van der Waals surface area contributed by atoms with Gasteiger partial charge in [0.25, 0.3) is 0 Å². The van der Waals surface area contributed by atoms with Crippen molar-refractivity contribution in [3.63, 3.8) is 0 Å².